The summed E-state index contributed by atoms with van der Waals surface area (Å²) in [6.45, 7) is 0. The second-order valence-corrected chi connectivity index (χ2v) is 2.90. The Hall–Kier alpha value is -2.11. The van der Waals surface area contributed by atoms with Gasteiger partial charge in [0.05, 0.1) is 7.11 Å². The minimum absolute atomic E-state index is 0.0244. The van der Waals surface area contributed by atoms with Crippen LogP contribution in [0.25, 0.3) is 0 Å². The summed E-state index contributed by atoms with van der Waals surface area (Å²) >= 11 is 0. The summed E-state index contributed by atoms with van der Waals surface area (Å²) in [7, 11) is 1.04. The van der Waals surface area contributed by atoms with Crippen molar-refractivity contribution in [2.45, 2.75) is 6.04 Å². The smallest absolute Gasteiger partial charge is 0.342 e. The lowest BCUT2D eigenvalue weighted by molar-refractivity contribution is -0.140. The summed E-state index contributed by atoms with van der Waals surface area (Å²) in [4.78, 5) is 32.9. The van der Waals surface area contributed by atoms with Crippen LogP contribution in [0.3, 0.4) is 0 Å². The average Bonchev–Trinajstić information content (AvgIpc) is 2.30. The summed E-state index contributed by atoms with van der Waals surface area (Å²) in [5.74, 6) is -2.38. The standard InChI is InChI=1S/C10H8FNO4/c1-16-10(14)8(12-15)9(13)6-2-4-7(11)5-3-6/h2-5,8H,1H3. The van der Waals surface area contributed by atoms with E-state index in [2.05, 4.69) is 9.91 Å². The molecule has 0 N–H and O–H groups in total. The molecule has 1 aromatic rings. The number of halogens is 1. The van der Waals surface area contributed by atoms with Gasteiger partial charge in [-0.2, -0.15) is 0 Å². The van der Waals surface area contributed by atoms with Gasteiger partial charge in [-0.05, 0) is 29.4 Å². The number of ketones is 1. The van der Waals surface area contributed by atoms with Gasteiger partial charge in [-0.3, -0.25) is 4.79 Å². The highest BCUT2D eigenvalue weighted by Crippen LogP contribution is 2.09. The summed E-state index contributed by atoms with van der Waals surface area (Å²) in [6.07, 6.45) is 0. The van der Waals surface area contributed by atoms with Crippen molar-refractivity contribution in [2.24, 2.45) is 5.18 Å². The molecule has 0 radical (unpaired) electrons. The van der Waals surface area contributed by atoms with E-state index in [1.54, 1.807) is 0 Å². The monoisotopic (exact) mass is 225 g/mol. The molecule has 0 heterocycles. The van der Waals surface area contributed by atoms with Crippen molar-refractivity contribution in [3.8, 4) is 0 Å². The van der Waals surface area contributed by atoms with Crippen LogP contribution in [0.1, 0.15) is 10.4 Å². The van der Waals surface area contributed by atoms with Gasteiger partial charge in [-0.25, -0.2) is 9.18 Å². The fourth-order valence-electron chi connectivity index (χ4n) is 1.08. The van der Waals surface area contributed by atoms with Gasteiger partial charge in [-0.1, -0.05) is 0 Å². The molecule has 1 aromatic carbocycles. The number of carbonyl (C=O) groups excluding carboxylic acids is 2. The van der Waals surface area contributed by atoms with Crippen LogP contribution < -0.4 is 0 Å². The van der Waals surface area contributed by atoms with Crippen LogP contribution in [-0.4, -0.2) is 24.9 Å². The molecule has 0 spiro atoms. The molecular weight excluding hydrogens is 217 g/mol. The molecule has 0 fully saturated rings. The van der Waals surface area contributed by atoms with Crippen molar-refractivity contribution in [2.75, 3.05) is 7.11 Å². The van der Waals surface area contributed by atoms with Crippen LogP contribution in [-0.2, 0) is 9.53 Å². The van der Waals surface area contributed by atoms with Gasteiger partial charge in [0, 0.05) is 5.56 Å². The van der Waals surface area contributed by atoms with E-state index in [0.29, 0.717) is 0 Å². The Kier molecular flexibility index (Phi) is 3.82. The van der Waals surface area contributed by atoms with E-state index in [0.717, 1.165) is 19.2 Å². The lowest BCUT2D eigenvalue weighted by Crippen LogP contribution is -2.29. The zero-order chi connectivity index (χ0) is 12.1. The normalized spacial score (nSPS) is 11.6. The molecule has 6 heteroatoms. The van der Waals surface area contributed by atoms with Crippen molar-refractivity contribution < 1.29 is 18.7 Å². The second-order valence-electron chi connectivity index (χ2n) is 2.90. The second kappa shape index (κ2) is 5.11. The molecule has 16 heavy (non-hydrogen) atoms. The molecule has 0 aliphatic rings. The molecule has 0 bridgehead atoms. The van der Waals surface area contributed by atoms with E-state index >= 15 is 0 Å². The largest absolute Gasteiger partial charge is 0.467 e. The number of Topliss-reactive ketones (excluding diaryl/α,β-unsaturated/α-hetero) is 1. The first-order valence-electron chi connectivity index (χ1n) is 4.30. The Morgan fingerprint density at radius 1 is 1.31 bits per heavy atom. The molecule has 1 unspecified atom stereocenters. The first-order valence-corrected chi connectivity index (χ1v) is 4.30. The molecule has 0 aliphatic carbocycles. The van der Waals surface area contributed by atoms with Gasteiger partial charge < -0.3 is 4.74 Å². The zero-order valence-electron chi connectivity index (χ0n) is 8.34. The lowest BCUT2D eigenvalue weighted by Gasteiger charge is -2.05. The van der Waals surface area contributed by atoms with E-state index < -0.39 is 23.6 Å². The van der Waals surface area contributed by atoms with Crippen molar-refractivity contribution in [1.29, 1.82) is 0 Å². The molecule has 0 saturated carbocycles. The molecule has 0 saturated heterocycles. The van der Waals surface area contributed by atoms with E-state index in [1.807, 2.05) is 0 Å². The van der Waals surface area contributed by atoms with Crippen LogP contribution in [0.2, 0.25) is 0 Å². The minimum atomic E-state index is -1.74. The lowest BCUT2D eigenvalue weighted by atomic mass is 10.1. The maximum atomic E-state index is 12.6. The highest BCUT2D eigenvalue weighted by atomic mass is 19.1. The van der Waals surface area contributed by atoms with Crippen molar-refractivity contribution in [3.05, 3.63) is 40.6 Å². The molecular formula is C10H8FNO4. The Labute approximate surface area is 90.2 Å². The molecule has 0 aromatic heterocycles. The number of hydrogen-bond acceptors (Lipinski definition) is 5. The number of benzene rings is 1. The number of rotatable bonds is 4. The third-order valence-electron chi connectivity index (χ3n) is 1.91. The number of ether oxygens (including phenoxy) is 1. The minimum Gasteiger partial charge on any atom is -0.467 e. The van der Waals surface area contributed by atoms with Gasteiger partial charge in [0.25, 0.3) is 6.04 Å². The highest BCUT2D eigenvalue weighted by Gasteiger charge is 2.29. The fraction of sp³-hybridized carbons (Fsp3) is 0.200. The quantitative estimate of drug-likeness (QED) is 0.335. The van der Waals surface area contributed by atoms with Gasteiger partial charge in [0.15, 0.2) is 0 Å². The topological polar surface area (TPSA) is 72.8 Å². The van der Waals surface area contributed by atoms with Crippen molar-refractivity contribution >= 4 is 11.8 Å². The van der Waals surface area contributed by atoms with Crippen LogP contribution >= 0.6 is 0 Å². The van der Waals surface area contributed by atoms with Gasteiger partial charge >= 0.3 is 5.97 Å². The Bertz CT molecular complexity index is 415. The first-order chi connectivity index (χ1) is 7.60. The van der Waals surface area contributed by atoms with Crippen LogP contribution in [0.15, 0.2) is 29.4 Å². The number of hydrogen-bond donors (Lipinski definition) is 0. The van der Waals surface area contributed by atoms with Gasteiger partial charge in [0.2, 0.25) is 5.78 Å². The Balaban J connectivity index is 2.95. The molecule has 1 atom stereocenters. The maximum Gasteiger partial charge on any atom is 0.342 e. The third kappa shape index (κ3) is 2.47. The fourth-order valence-corrected chi connectivity index (χ4v) is 1.08. The number of methoxy groups -OCH3 is 1. The zero-order valence-corrected chi connectivity index (χ0v) is 8.34. The summed E-state index contributed by atoms with van der Waals surface area (Å²) < 4.78 is 16.8. The molecule has 0 amide bonds. The number of esters is 1. The maximum absolute atomic E-state index is 12.6. The summed E-state index contributed by atoms with van der Waals surface area (Å²) in [5.41, 5.74) is 0.0244. The SMILES string of the molecule is COC(=O)C(N=O)C(=O)c1ccc(F)cc1. The van der Waals surface area contributed by atoms with Crippen LogP contribution in [0.5, 0.6) is 0 Å². The molecule has 0 aliphatic heterocycles. The number of nitroso groups, excluding NO2 is 1. The van der Waals surface area contributed by atoms with Gasteiger partial charge in [-0.15, -0.1) is 4.91 Å². The third-order valence-corrected chi connectivity index (χ3v) is 1.91. The van der Waals surface area contributed by atoms with E-state index in [9.17, 15) is 18.9 Å². The van der Waals surface area contributed by atoms with E-state index in [1.165, 1.54) is 12.1 Å². The van der Waals surface area contributed by atoms with E-state index in [4.69, 9.17) is 0 Å². The van der Waals surface area contributed by atoms with Crippen LogP contribution in [0, 0.1) is 10.7 Å². The Morgan fingerprint density at radius 3 is 2.31 bits per heavy atom. The highest BCUT2D eigenvalue weighted by molar-refractivity contribution is 6.12. The molecule has 5 nitrogen and oxygen atoms in total. The Morgan fingerprint density at radius 2 is 1.88 bits per heavy atom. The molecule has 84 valence electrons. The first kappa shape index (κ1) is 12.0. The van der Waals surface area contributed by atoms with E-state index in [-0.39, 0.29) is 5.56 Å². The molecule has 1 rings (SSSR count). The average molecular weight is 225 g/mol. The number of carbonyl (C=O) groups is 2. The van der Waals surface area contributed by atoms with Crippen molar-refractivity contribution in [1.82, 2.24) is 0 Å². The summed E-state index contributed by atoms with van der Waals surface area (Å²) in [5, 5.41) is 2.39. The number of nitrogens with zero attached hydrogens (tertiary/aromatic N) is 1. The van der Waals surface area contributed by atoms with Gasteiger partial charge in [0.1, 0.15) is 5.82 Å². The van der Waals surface area contributed by atoms with Crippen molar-refractivity contribution in [3.63, 3.8) is 0 Å². The predicted octanol–water partition coefficient (Wildman–Crippen LogP) is 1.32. The predicted molar refractivity (Wildman–Crippen MR) is 52.3 cm³/mol. The summed E-state index contributed by atoms with van der Waals surface area (Å²) in [6, 6.07) is 2.69. The van der Waals surface area contributed by atoms with Crippen LogP contribution in [0.4, 0.5) is 4.39 Å².